The first-order valence-corrected chi connectivity index (χ1v) is 11.7. The van der Waals surface area contributed by atoms with Crippen LogP contribution in [0.25, 0.3) is 0 Å². The minimum atomic E-state index is -0.978. The van der Waals surface area contributed by atoms with Crippen molar-refractivity contribution in [1.29, 1.82) is 0 Å². The van der Waals surface area contributed by atoms with Crippen LogP contribution in [0.3, 0.4) is 0 Å². The van der Waals surface area contributed by atoms with E-state index in [1.165, 1.54) is 10.4 Å². The van der Waals surface area contributed by atoms with Crippen LogP contribution >= 0.6 is 22.9 Å². The van der Waals surface area contributed by atoms with Gasteiger partial charge in [-0.25, -0.2) is 8.78 Å². The van der Waals surface area contributed by atoms with Gasteiger partial charge >= 0.3 is 0 Å². The molecule has 2 heterocycles. The number of thiophene rings is 1. The smallest absolute Gasteiger partial charge is 0.254 e. The average molecular weight is 490 g/mol. The maximum Gasteiger partial charge on any atom is 0.254 e. The Bertz CT molecular complexity index is 1150. The molecule has 1 atom stereocenters. The molecule has 4 rings (SSSR count). The molecule has 2 aromatic carbocycles. The quantitative estimate of drug-likeness (QED) is 0.519. The molecule has 33 heavy (non-hydrogen) atoms. The van der Waals surface area contributed by atoms with Crippen LogP contribution in [0.15, 0.2) is 53.9 Å². The third kappa shape index (κ3) is 5.76. The molecule has 0 bridgehead atoms. The van der Waals surface area contributed by atoms with Crippen LogP contribution in [0.4, 0.5) is 8.78 Å². The zero-order valence-electron chi connectivity index (χ0n) is 17.6. The molecule has 0 spiro atoms. The van der Waals surface area contributed by atoms with E-state index in [4.69, 9.17) is 11.6 Å². The molecule has 3 aromatic rings. The van der Waals surface area contributed by atoms with Gasteiger partial charge in [0.2, 0.25) is 5.91 Å². The summed E-state index contributed by atoms with van der Waals surface area (Å²) in [5.74, 6) is -2.94. The summed E-state index contributed by atoms with van der Waals surface area (Å²) in [5.41, 5.74) is 2.00. The SMILES string of the molecule is O=C(CNC(=O)c1ccc(F)cc1F)NCC(c1ccc(Cl)cc1)N1CCc2sccc2C1. The van der Waals surface area contributed by atoms with Gasteiger partial charge in [0.05, 0.1) is 18.2 Å². The van der Waals surface area contributed by atoms with Crippen molar-refractivity contribution < 1.29 is 18.4 Å². The highest BCUT2D eigenvalue weighted by molar-refractivity contribution is 7.10. The van der Waals surface area contributed by atoms with E-state index in [1.54, 1.807) is 11.3 Å². The minimum absolute atomic E-state index is 0.0792. The van der Waals surface area contributed by atoms with E-state index in [0.717, 1.165) is 37.2 Å². The summed E-state index contributed by atoms with van der Waals surface area (Å²) in [4.78, 5) is 28.3. The van der Waals surface area contributed by atoms with Crippen LogP contribution in [0.5, 0.6) is 0 Å². The molecule has 1 unspecified atom stereocenters. The predicted octanol–water partition coefficient (Wildman–Crippen LogP) is 4.33. The van der Waals surface area contributed by atoms with E-state index in [2.05, 4.69) is 27.0 Å². The van der Waals surface area contributed by atoms with Crippen LogP contribution in [-0.4, -0.2) is 36.3 Å². The maximum atomic E-state index is 13.8. The average Bonchev–Trinajstić information content (AvgIpc) is 3.27. The number of hydrogen-bond acceptors (Lipinski definition) is 4. The Morgan fingerprint density at radius 2 is 1.88 bits per heavy atom. The van der Waals surface area contributed by atoms with Gasteiger partial charge in [-0.3, -0.25) is 14.5 Å². The van der Waals surface area contributed by atoms with Crippen LogP contribution in [0.1, 0.15) is 32.4 Å². The predicted molar refractivity (Wildman–Crippen MR) is 124 cm³/mol. The molecular weight excluding hydrogens is 468 g/mol. The molecule has 0 saturated heterocycles. The van der Waals surface area contributed by atoms with Crippen molar-refractivity contribution in [2.24, 2.45) is 0 Å². The lowest BCUT2D eigenvalue weighted by Crippen LogP contribution is -2.43. The van der Waals surface area contributed by atoms with E-state index in [1.807, 2.05) is 24.3 Å². The number of nitrogens with zero attached hydrogens (tertiary/aromatic N) is 1. The second-order valence-corrected chi connectivity index (χ2v) is 9.20. The number of halogens is 3. The third-order valence-electron chi connectivity index (χ3n) is 5.61. The van der Waals surface area contributed by atoms with Gasteiger partial charge < -0.3 is 10.6 Å². The number of hydrogen-bond donors (Lipinski definition) is 2. The van der Waals surface area contributed by atoms with Crippen LogP contribution in [-0.2, 0) is 17.8 Å². The Morgan fingerprint density at radius 3 is 2.64 bits per heavy atom. The van der Waals surface area contributed by atoms with Crippen LogP contribution < -0.4 is 10.6 Å². The summed E-state index contributed by atoms with van der Waals surface area (Å²) in [5, 5.41) is 7.97. The summed E-state index contributed by atoms with van der Waals surface area (Å²) in [6, 6.07) is 12.3. The monoisotopic (exact) mass is 489 g/mol. The zero-order valence-corrected chi connectivity index (χ0v) is 19.2. The summed E-state index contributed by atoms with van der Waals surface area (Å²) < 4.78 is 26.8. The lowest BCUT2D eigenvalue weighted by atomic mass is 10.0. The highest BCUT2D eigenvalue weighted by Gasteiger charge is 2.26. The Morgan fingerprint density at radius 1 is 1.09 bits per heavy atom. The van der Waals surface area contributed by atoms with Crippen molar-refractivity contribution in [3.8, 4) is 0 Å². The number of rotatable bonds is 7. The third-order valence-corrected chi connectivity index (χ3v) is 6.89. The normalized spacial score (nSPS) is 14.4. The van der Waals surface area contributed by atoms with Gasteiger partial charge in [0, 0.05) is 35.6 Å². The molecule has 0 aliphatic carbocycles. The van der Waals surface area contributed by atoms with Gasteiger partial charge in [0.25, 0.3) is 5.91 Å². The molecule has 9 heteroatoms. The van der Waals surface area contributed by atoms with E-state index < -0.39 is 23.4 Å². The van der Waals surface area contributed by atoms with Crippen molar-refractivity contribution in [2.45, 2.75) is 19.0 Å². The number of fused-ring (bicyclic) bond motifs is 1. The maximum absolute atomic E-state index is 13.8. The van der Waals surface area contributed by atoms with Crippen molar-refractivity contribution in [3.63, 3.8) is 0 Å². The summed E-state index contributed by atoms with van der Waals surface area (Å²) >= 11 is 7.82. The molecular formula is C24H22ClF2N3O2S. The van der Waals surface area contributed by atoms with Crippen molar-refractivity contribution in [3.05, 3.63) is 92.1 Å². The molecule has 0 radical (unpaired) electrons. The fraction of sp³-hybridized carbons (Fsp3) is 0.250. The van der Waals surface area contributed by atoms with Crippen molar-refractivity contribution in [2.75, 3.05) is 19.6 Å². The van der Waals surface area contributed by atoms with Crippen LogP contribution in [0.2, 0.25) is 5.02 Å². The van der Waals surface area contributed by atoms with Gasteiger partial charge in [-0.15, -0.1) is 11.3 Å². The number of amides is 2. The van der Waals surface area contributed by atoms with Gasteiger partial charge in [-0.05, 0) is 53.3 Å². The van der Waals surface area contributed by atoms with Gasteiger partial charge in [0.1, 0.15) is 11.6 Å². The number of carbonyl (C=O) groups is 2. The first kappa shape index (κ1) is 23.4. The second kappa shape index (κ2) is 10.4. The molecule has 1 aliphatic heterocycles. The number of benzene rings is 2. The van der Waals surface area contributed by atoms with E-state index in [0.29, 0.717) is 17.6 Å². The Balaban J connectivity index is 1.38. The van der Waals surface area contributed by atoms with E-state index in [9.17, 15) is 18.4 Å². The van der Waals surface area contributed by atoms with Crippen molar-refractivity contribution >= 4 is 34.8 Å². The molecule has 1 aromatic heterocycles. The summed E-state index contributed by atoms with van der Waals surface area (Å²) in [7, 11) is 0. The van der Waals surface area contributed by atoms with Gasteiger partial charge in [-0.1, -0.05) is 23.7 Å². The highest BCUT2D eigenvalue weighted by atomic mass is 35.5. The standard InChI is InChI=1S/C24H22ClF2N3O2S/c25-17-3-1-15(2-4-17)21(30-9-7-22-16(14-30)8-10-33-22)12-28-23(31)13-29-24(32)19-6-5-18(26)11-20(19)27/h1-6,8,10-11,21H,7,9,12-14H2,(H,28,31)(H,29,32). The molecule has 172 valence electrons. The van der Waals surface area contributed by atoms with E-state index >= 15 is 0 Å². The fourth-order valence-corrected chi connectivity index (χ4v) is 4.90. The molecule has 5 nitrogen and oxygen atoms in total. The highest BCUT2D eigenvalue weighted by Crippen LogP contribution is 2.30. The van der Waals surface area contributed by atoms with Gasteiger partial charge in [0.15, 0.2) is 0 Å². The zero-order chi connectivity index (χ0) is 23.4. The molecule has 2 N–H and O–H groups in total. The Kier molecular flexibility index (Phi) is 7.37. The van der Waals surface area contributed by atoms with Gasteiger partial charge in [-0.2, -0.15) is 0 Å². The molecule has 1 aliphatic rings. The molecule has 0 saturated carbocycles. The lowest BCUT2D eigenvalue weighted by molar-refractivity contribution is -0.120. The number of nitrogens with one attached hydrogen (secondary N) is 2. The topological polar surface area (TPSA) is 61.4 Å². The Labute approximate surface area is 199 Å². The Hall–Kier alpha value is -2.81. The fourth-order valence-electron chi connectivity index (χ4n) is 3.88. The molecule has 0 fully saturated rings. The van der Waals surface area contributed by atoms with Crippen LogP contribution in [0, 0.1) is 11.6 Å². The largest absolute Gasteiger partial charge is 0.353 e. The summed E-state index contributed by atoms with van der Waals surface area (Å²) in [6.07, 6.45) is 0.949. The second-order valence-electron chi connectivity index (χ2n) is 7.77. The first-order chi connectivity index (χ1) is 15.9. The summed E-state index contributed by atoms with van der Waals surface area (Å²) in [6.45, 7) is 1.65. The number of carbonyl (C=O) groups excluding carboxylic acids is 2. The van der Waals surface area contributed by atoms with E-state index in [-0.39, 0.29) is 18.2 Å². The molecule has 2 amide bonds. The van der Waals surface area contributed by atoms with Crippen molar-refractivity contribution in [1.82, 2.24) is 15.5 Å². The first-order valence-electron chi connectivity index (χ1n) is 10.5. The lowest BCUT2D eigenvalue weighted by Gasteiger charge is -2.35. The minimum Gasteiger partial charge on any atom is -0.353 e.